The predicted molar refractivity (Wildman–Crippen MR) is 141 cm³/mol. The van der Waals surface area contributed by atoms with Crippen LogP contribution in [0.15, 0.2) is 64.0 Å². The maximum atomic E-state index is 13.6. The van der Waals surface area contributed by atoms with Gasteiger partial charge in [-0.1, -0.05) is 12.1 Å². The quantitative estimate of drug-likeness (QED) is 0.266. The first kappa shape index (κ1) is 25.7. The Morgan fingerprint density at radius 3 is 2.36 bits per heavy atom. The number of hydrogen-bond donors (Lipinski definition) is 1. The van der Waals surface area contributed by atoms with Gasteiger partial charge in [-0.05, 0) is 47.5 Å². The molecule has 1 aliphatic heterocycles. The van der Waals surface area contributed by atoms with E-state index in [1.807, 2.05) is 0 Å². The predicted octanol–water partition coefficient (Wildman–Crippen LogP) is 3.79. The fourth-order valence-corrected chi connectivity index (χ4v) is 4.71. The molecule has 1 aromatic heterocycles. The summed E-state index contributed by atoms with van der Waals surface area (Å²) in [5, 5.41) is 0.331. The van der Waals surface area contributed by atoms with Crippen molar-refractivity contribution in [2.24, 2.45) is 5.73 Å². The van der Waals surface area contributed by atoms with Crippen LogP contribution in [-0.2, 0) is 9.59 Å². The Labute approximate surface area is 222 Å². The lowest BCUT2D eigenvalue weighted by Gasteiger charge is -2.26. The first-order valence-electron chi connectivity index (χ1n) is 11.9. The van der Waals surface area contributed by atoms with Crippen molar-refractivity contribution in [2.75, 3.05) is 27.9 Å². The van der Waals surface area contributed by atoms with Crippen LogP contribution in [0, 0.1) is 0 Å². The number of ether oxygens (including phenoxy) is 5. The summed E-state index contributed by atoms with van der Waals surface area (Å²) in [7, 11) is 4.51. The summed E-state index contributed by atoms with van der Waals surface area (Å²) in [4.78, 5) is 37.3. The Balaban J connectivity index is 1.63. The third kappa shape index (κ3) is 4.72. The molecule has 0 saturated heterocycles. The van der Waals surface area contributed by atoms with Gasteiger partial charge in [0.1, 0.15) is 17.6 Å². The number of benzene rings is 3. The molecule has 2 N–H and O–H groups in total. The molecular weight excluding hydrogens is 506 g/mol. The molecule has 0 aliphatic carbocycles. The highest BCUT2D eigenvalue weighted by Crippen LogP contribution is 2.44. The summed E-state index contributed by atoms with van der Waals surface area (Å²) < 4.78 is 33.1. The molecule has 1 aliphatic rings. The smallest absolute Gasteiger partial charge is 0.312 e. The molecule has 5 rings (SSSR count). The van der Waals surface area contributed by atoms with Gasteiger partial charge in [0.25, 0.3) is 5.91 Å². The summed E-state index contributed by atoms with van der Waals surface area (Å²) >= 11 is 0. The number of hydrogen-bond acceptors (Lipinski definition) is 9. The third-order valence-electron chi connectivity index (χ3n) is 6.54. The van der Waals surface area contributed by atoms with E-state index in [4.69, 9.17) is 33.8 Å². The Kier molecular flexibility index (Phi) is 6.84. The molecule has 1 atom stereocenters. The van der Waals surface area contributed by atoms with Crippen LogP contribution in [0.5, 0.6) is 28.7 Å². The second-order valence-corrected chi connectivity index (χ2v) is 8.80. The fourth-order valence-electron chi connectivity index (χ4n) is 4.71. The van der Waals surface area contributed by atoms with Crippen molar-refractivity contribution in [3.05, 3.63) is 76.1 Å². The zero-order valence-corrected chi connectivity index (χ0v) is 21.4. The average Bonchev–Trinajstić information content (AvgIpc) is 2.95. The van der Waals surface area contributed by atoms with Gasteiger partial charge in [-0.3, -0.25) is 14.4 Å². The van der Waals surface area contributed by atoms with Crippen molar-refractivity contribution in [3.8, 4) is 39.9 Å². The number of carbonyl (C=O) groups excluding carboxylic acids is 2. The van der Waals surface area contributed by atoms with Crippen LogP contribution < -0.4 is 34.8 Å². The van der Waals surface area contributed by atoms with Crippen LogP contribution in [0.25, 0.3) is 22.1 Å². The maximum Gasteiger partial charge on any atom is 0.312 e. The number of primary amides is 1. The minimum Gasteiger partial charge on any atom is -0.493 e. The van der Waals surface area contributed by atoms with Crippen molar-refractivity contribution >= 4 is 22.8 Å². The Morgan fingerprint density at radius 2 is 1.64 bits per heavy atom. The molecule has 10 nitrogen and oxygen atoms in total. The van der Waals surface area contributed by atoms with E-state index in [1.165, 1.54) is 27.6 Å². The van der Waals surface area contributed by atoms with Gasteiger partial charge in [-0.25, -0.2) is 0 Å². The molecule has 0 spiro atoms. The number of nitrogens with two attached hydrogens (primary N) is 1. The van der Waals surface area contributed by atoms with E-state index in [2.05, 4.69) is 0 Å². The summed E-state index contributed by atoms with van der Waals surface area (Å²) in [6.45, 7) is -0.313. The van der Waals surface area contributed by atoms with Gasteiger partial charge >= 0.3 is 5.97 Å². The molecule has 0 radical (unpaired) electrons. The van der Waals surface area contributed by atoms with Crippen LogP contribution in [0.2, 0.25) is 0 Å². The average molecular weight is 532 g/mol. The van der Waals surface area contributed by atoms with Gasteiger partial charge in [-0.15, -0.1) is 0 Å². The zero-order valence-electron chi connectivity index (χ0n) is 21.4. The third-order valence-corrected chi connectivity index (χ3v) is 6.54. The van der Waals surface area contributed by atoms with E-state index in [-0.39, 0.29) is 18.5 Å². The fraction of sp³-hybridized carbons (Fsp3) is 0.207. The van der Waals surface area contributed by atoms with Crippen molar-refractivity contribution in [2.45, 2.75) is 12.3 Å². The maximum absolute atomic E-state index is 13.6. The molecule has 10 heteroatoms. The molecular formula is C29H25NO9. The minimum atomic E-state index is -0.626. The molecule has 0 saturated carbocycles. The normalized spacial score (nSPS) is 14.3. The summed E-state index contributed by atoms with van der Waals surface area (Å²) in [5.41, 5.74) is 7.45. The Morgan fingerprint density at radius 1 is 0.923 bits per heavy atom. The molecule has 39 heavy (non-hydrogen) atoms. The standard InChI is InChI=1S/C29H25NO9/c1-34-20-7-4-16(11-23(20)35-2)19-13-38-29-17(28(19)33)6-9-22-27(29)18(12-26(32)39-22)15-5-8-21(24(10-15)36-3)37-14-25(30)31/h4-11,13,18H,12,14H2,1-3H3,(H2,30,31). The van der Waals surface area contributed by atoms with E-state index in [0.717, 1.165) is 0 Å². The molecule has 0 bridgehead atoms. The van der Waals surface area contributed by atoms with Gasteiger partial charge in [0, 0.05) is 11.5 Å². The Bertz CT molecular complexity index is 1660. The highest BCUT2D eigenvalue weighted by molar-refractivity contribution is 5.90. The van der Waals surface area contributed by atoms with Gasteiger partial charge in [0.05, 0.1) is 38.7 Å². The molecule has 2 heterocycles. The second kappa shape index (κ2) is 10.4. The van der Waals surface area contributed by atoms with Gasteiger partial charge in [0.2, 0.25) is 5.43 Å². The van der Waals surface area contributed by atoms with Gasteiger partial charge in [-0.2, -0.15) is 0 Å². The summed E-state index contributed by atoms with van der Waals surface area (Å²) in [6, 6.07) is 13.4. The lowest BCUT2D eigenvalue weighted by atomic mass is 9.85. The number of carbonyl (C=O) groups is 2. The van der Waals surface area contributed by atoms with Gasteiger partial charge in [0.15, 0.2) is 29.6 Å². The van der Waals surface area contributed by atoms with Gasteiger partial charge < -0.3 is 33.8 Å². The van der Waals surface area contributed by atoms with E-state index >= 15 is 0 Å². The van der Waals surface area contributed by atoms with Crippen LogP contribution in [0.3, 0.4) is 0 Å². The molecule has 1 unspecified atom stereocenters. The number of rotatable bonds is 8. The van der Waals surface area contributed by atoms with E-state index in [1.54, 1.807) is 48.5 Å². The minimum absolute atomic E-state index is 0.0118. The molecule has 3 aromatic carbocycles. The molecule has 200 valence electrons. The highest BCUT2D eigenvalue weighted by atomic mass is 16.5. The van der Waals surface area contributed by atoms with E-state index in [9.17, 15) is 14.4 Å². The van der Waals surface area contributed by atoms with E-state index < -0.39 is 17.8 Å². The number of methoxy groups -OCH3 is 3. The summed E-state index contributed by atoms with van der Waals surface area (Å²) in [5.74, 6) is 0.436. The second-order valence-electron chi connectivity index (χ2n) is 8.80. The van der Waals surface area contributed by atoms with Crippen molar-refractivity contribution in [1.29, 1.82) is 0 Å². The lowest BCUT2D eigenvalue weighted by molar-refractivity contribution is -0.135. The number of amides is 1. The van der Waals surface area contributed by atoms with E-state index in [0.29, 0.717) is 62.0 Å². The summed E-state index contributed by atoms with van der Waals surface area (Å²) in [6.07, 6.45) is 1.40. The van der Waals surface area contributed by atoms with Crippen molar-refractivity contribution in [3.63, 3.8) is 0 Å². The number of fused-ring (bicyclic) bond motifs is 3. The van der Waals surface area contributed by atoms with Crippen LogP contribution in [0.4, 0.5) is 0 Å². The first-order chi connectivity index (χ1) is 18.8. The molecule has 1 amide bonds. The topological polar surface area (TPSA) is 137 Å². The van der Waals surface area contributed by atoms with Crippen molar-refractivity contribution < 1.29 is 37.7 Å². The highest BCUT2D eigenvalue weighted by Gasteiger charge is 2.33. The SMILES string of the molecule is COc1ccc(-c2coc3c4c(ccc3c2=O)OC(=O)CC4c2ccc(OCC(N)=O)c(OC)c2)cc1OC. The monoisotopic (exact) mass is 531 g/mol. The van der Waals surface area contributed by atoms with Crippen LogP contribution >= 0.6 is 0 Å². The number of esters is 1. The largest absolute Gasteiger partial charge is 0.493 e. The Hall–Kier alpha value is -4.99. The van der Waals surface area contributed by atoms with Crippen LogP contribution in [0.1, 0.15) is 23.5 Å². The van der Waals surface area contributed by atoms with Crippen LogP contribution in [-0.4, -0.2) is 39.8 Å². The first-order valence-corrected chi connectivity index (χ1v) is 11.9. The van der Waals surface area contributed by atoms with Crippen molar-refractivity contribution in [1.82, 2.24) is 0 Å². The lowest BCUT2D eigenvalue weighted by Crippen LogP contribution is -2.22. The molecule has 4 aromatic rings. The zero-order chi connectivity index (χ0) is 27.7. The molecule has 0 fully saturated rings.